The zero-order chi connectivity index (χ0) is 12.1. The summed E-state index contributed by atoms with van der Waals surface area (Å²) in [5, 5.41) is 0. The Kier molecular flexibility index (Phi) is 3.36. The molecular formula is C15H12O2. The largest absolute Gasteiger partial charge is 0.423 e. The molecule has 0 aromatic heterocycles. The summed E-state index contributed by atoms with van der Waals surface area (Å²) in [6, 6.07) is 17.2. The molecule has 0 saturated heterocycles. The number of para-hydroxylation sites is 1. The number of rotatable bonds is 3. The van der Waals surface area contributed by atoms with Crippen LogP contribution in [0, 0.1) is 0 Å². The Labute approximate surface area is 100 Å². The first-order valence-electron chi connectivity index (χ1n) is 5.30. The first-order valence-corrected chi connectivity index (χ1v) is 5.30. The van der Waals surface area contributed by atoms with Crippen LogP contribution in [-0.4, -0.2) is 5.97 Å². The van der Waals surface area contributed by atoms with Gasteiger partial charge in [-0.3, -0.25) is 0 Å². The van der Waals surface area contributed by atoms with Crippen molar-refractivity contribution < 1.29 is 9.53 Å². The lowest BCUT2D eigenvalue weighted by Crippen LogP contribution is -2.03. The van der Waals surface area contributed by atoms with Crippen molar-refractivity contribution >= 4 is 5.97 Å². The third kappa shape index (κ3) is 2.61. The van der Waals surface area contributed by atoms with Gasteiger partial charge >= 0.3 is 5.97 Å². The highest BCUT2D eigenvalue weighted by molar-refractivity contribution is 5.85. The number of esters is 1. The molecular weight excluding hydrogens is 212 g/mol. The lowest BCUT2D eigenvalue weighted by atomic mass is 10.1. The van der Waals surface area contributed by atoms with Crippen LogP contribution in [-0.2, 0) is 4.79 Å². The minimum absolute atomic E-state index is 0.451. The van der Waals surface area contributed by atoms with E-state index >= 15 is 0 Å². The molecule has 0 spiro atoms. The summed E-state index contributed by atoms with van der Waals surface area (Å²) >= 11 is 0. The third-order valence-corrected chi connectivity index (χ3v) is 2.35. The summed E-state index contributed by atoms with van der Waals surface area (Å²) in [6.07, 6.45) is 1.15. The van der Waals surface area contributed by atoms with Gasteiger partial charge < -0.3 is 4.74 Å². The summed E-state index contributed by atoms with van der Waals surface area (Å²) in [6.45, 7) is 3.38. The standard InChI is InChI=1S/C15H12O2/c1-2-15(16)17-14-11-7-6-10-13(14)12-8-4-3-5-9-12/h2-11H,1H2. The molecule has 2 aromatic rings. The van der Waals surface area contributed by atoms with Crippen molar-refractivity contribution in [2.24, 2.45) is 0 Å². The van der Waals surface area contributed by atoms with Gasteiger partial charge in [-0.25, -0.2) is 4.79 Å². The Hall–Kier alpha value is -2.35. The number of hydrogen-bond donors (Lipinski definition) is 0. The van der Waals surface area contributed by atoms with E-state index in [1.165, 1.54) is 0 Å². The molecule has 84 valence electrons. The van der Waals surface area contributed by atoms with Crippen LogP contribution in [0.5, 0.6) is 5.75 Å². The SMILES string of the molecule is C=CC(=O)Oc1ccccc1-c1ccccc1. The topological polar surface area (TPSA) is 26.3 Å². The maximum Gasteiger partial charge on any atom is 0.335 e. The summed E-state index contributed by atoms with van der Waals surface area (Å²) < 4.78 is 5.19. The fraction of sp³-hybridized carbons (Fsp3) is 0. The number of carbonyl (C=O) groups is 1. The monoisotopic (exact) mass is 224 g/mol. The molecule has 2 rings (SSSR count). The Balaban J connectivity index is 2.41. The smallest absolute Gasteiger partial charge is 0.335 e. The average Bonchev–Trinajstić information content (AvgIpc) is 2.40. The van der Waals surface area contributed by atoms with Crippen LogP contribution in [0.1, 0.15) is 0 Å². The molecule has 0 N–H and O–H groups in total. The van der Waals surface area contributed by atoms with E-state index in [2.05, 4.69) is 6.58 Å². The van der Waals surface area contributed by atoms with Crippen molar-refractivity contribution in [2.45, 2.75) is 0 Å². The molecule has 2 aromatic carbocycles. The van der Waals surface area contributed by atoms with Gasteiger partial charge in [-0.1, -0.05) is 55.1 Å². The number of carbonyl (C=O) groups excluding carboxylic acids is 1. The van der Waals surface area contributed by atoms with E-state index < -0.39 is 5.97 Å². The second-order valence-electron chi connectivity index (χ2n) is 3.49. The molecule has 2 nitrogen and oxygen atoms in total. The second-order valence-corrected chi connectivity index (χ2v) is 3.49. The van der Waals surface area contributed by atoms with Gasteiger partial charge in [0.15, 0.2) is 0 Å². The molecule has 0 aliphatic rings. The van der Waals surface area contributed by atoms with Crippen LogP contribution in [0.25, 0.3) is 11.1 Å². The minimum Gasteiger partial charge on any atom is -0.423 e. The third-order valence-electron chi connectivity index (χ3n) is 2.35. The van der Waals surface area contributed by atoms with Gasteiger partial charge in [0.2, 0.25) is 0 Å². The quantitative estimate of drug-likeness (QED) is 0.453. The summed E-state index contributed by atoms with van der Waals surface area (Å²) in [5.41, 5.74) is 1.91. The molecule has 0 unspecified atom stereocenters. The van der Waals surface area contributed by atoms with E-state index in [4.69, 9.17) is 4.74 Å². The number of benzene rings is 2. The maximum atomic E-state index is 11.2. The highest BCUT2D eigenvalue weighted by Crippen LogP contribution is 2.29. The highest BCUT2D eigenvalue weighted by atomic mass is 16.5. The molecule has 2 heteroatoms. The maximum absolute atomic E-state index is 11.2. The molecule has 17 heavy (non-hydrogen) atoms. The van der Waals surface area contributed by atoms with Gasteiger partial charge in [0.1, 0.15) is 5.75 Å². The van der Waals surface area contributed by atoms with Gasteiger partial charge in [-0.2, -0.15) is 0 Å². The zero-order valence-electron chi connectivity index (χ0n) is 9.30. The molecule has 0 aliphatic carbocycles. The van der Waals surface area contributed by atoms with E-state index in [0.717, 1.165) is 17.2 Å². The van der Waals surface area contributed by atoms with Gasteiger partial charge in [0, 0.05) is 11.6 Å². The normalized spacial score (nSPS) is 9.65. The molecule has 0 radical (unpaired) electrons. The average molecular weight is 224 g/mol. The van der Waals surface area contributed by atoms with Crippen LogP contribution < -0.4 is 4.74 Å². The molecule has 0 amide bonds. The van der Waals surface area contributed by atoms with E-state index in [1.54, 1.807) is 6.07 Å². The lowest BCUT2D eigenvalue weighted by Gasteiger charge is -2.08. The van der Waals surface area contributed by atoms with Crippen molar-refractivity contribution in [3.8, 4) is 16.9 Å². The van der Waals surface area contributed by atoms with E-state index in [0.29, 0.717) is 5.75 Å². The first-order chi connectivity index (χ1) is 8.31. The number of hydrogen-bond acceptors (Lipinski definition) is 2. The van der Waals surface area contributed by atoms with Crippen molar-refractivity contribution in [1.82, 2.24) is 0 Å². The Bertz CT molecular complexity index is 530. The molecule has 0 bridgehead atoms. The fourth-order valence-electron chi connectivity index (χ4n) is 1.56. The van der Waals surface area contributed by atoms with Crippen LogP contribution in [0.3, 0.4) is 0 Å². The lowest BCUT2D eigenvalue weighted by molar-refractivity contribution is -0.128. The predicted octanol–water partition coefficient (Wildman–Crippen LogP) is 3.45. The van der Waals surface area contributed by atoms with Crippen LogP contribution in [0.2, 0.25) is 0 Å². The molecule has 0 fully saturated rings. The second kappa shape index (κ2) is 5.12. The van der Waals surface area contributed by atoms with Crippen LogP contribution in [0.4, 0.5) is 0 Å². The number of ether oxygens (including phenoxy) is 1. The summed E-state index contributed by atoms with van der Waals surface area (Å²) in [7, 11) is 0. The van der Waals surface area contributed by atoms with Gasteiger partial charge in [-0.15, -0.1) is 0 Å². The molecule has 0 saturated carbocycles. The first kappa shape index (κ1) is 11.1. The fourth-order valence-corrected chi connectivity index (χ4v) is 1.56. The minimum atomic E-state index is -0.451. The molecule has 0 aliphatic heterocycles. The van der Waals surface area contributed by atoms with Crippen molar-refractivity contribution in [3.63, 3.8) is 0 Å². The highest BCUT2D eigenvalue weighted by Gasteiger charge is 2.07. The van der Waals surface area contributed by atoms with Crippen molar-refractivity contribution in [1.29, 1.82) is 0 Å². The van der Waals surface area contributed by atoms with E-state index in [1.807, 2.05) is 48.5 Å². The molecule has 0 heterocycles. The Morgan fingerprint density at radius 3 is 2.35 bits per heavy atom. The molecule has 0 atom stereocenters. The van der Waals surface area contributed by atoms with E-state index in [-0.39, 0.29) is 0 Å². The van der Waals surface area contributed by atoms with Gasteiger partial charge in [-0.05, 0) is 11.6 Å². The van der Waals surface area contributed by atoms with Gasteiger partial charge in [0.05, 0.1) is 0 Å². The Morgan fingerprint density at radius 1 is 1.00 bits per heavy atom. The summed E-state index contributed by atoms with van der Waals surface area (Å²) in [5.74, 6) is 0.0944. The van der Waals surface area contributed by atoms with Gasteiger partial charge in [0.25, 0.3) is 0 Å². The van der Waals surface area contributed by atoms with Crippen LogP contribution >= 0.6 is 0 Å². The Morgan fingerprint density at radius 2 is 1.65 bits per heavy atom. The summed E-state index contributed by atoms with van der Waals surface area (Å²) in [4.78, 5) is 11.2. The van der Waals surface area contributed by atoms with Crippen LogP contribution in [0.15, 0.2) is 67.3 Å². The van der Waals surface area contributed by atoms with E-state index in [9.17, 15) is 4.79 Å². The van der Waals surface area contributed by atoms with Crippen molar-refractivity contribution in [2.75, 3.05) is 0 Å². The van der Waals surface area contributed by atoms with Crippen molar-refractivity contribution in [3.05, 3.63) is 67.3 Å². The predicted molar refractivity (Wildman–Crippen MR) is 67.7 cm³/mol. The zero-order valence-corrected chi connectivity index (χ0v) is 9.30.